The van der Waals surface area contributed by atoms with Crippen molar-refractivity contribution in [1.82, 2.24) is 14.8 Å². The Morgan fingerprint density at radius 3 is 2.71 bits per heavy atom. The number of rotatable bonds is 3. The summed E-state index contributed by atoms with van der Waals surface area (Å²) in [5.41, 5.74) is 4.70. The maximum absolute atomic E-state index is 12.9. The van der Waals surface area contributed by atoms with Crippen molar-refractivity contribution in [3.63, 3.8) is 0 Å². The minimum Gasteiger partial charge on any atom is -0.338 e. The molecule has 1 unspecified atom stereocenters. The first-order chi connectivity index (χ1) is 13.6. The molecule has 1 N–H and O–H groups in total. The van der Waals surface area contributed by atoms with E-state index in [1.54, 1.807) is 11.3 Å². The quantitative estimate of drug-likeness (QED) is 0.517. The zero-order valence-electron chi connectivity index (χ0n) is 15.8. The summed E-state index contributed by atoms with van der Waals surface area (Å²) >= 11 is 1.60. The number of Topliss-reactive ketones (excluding diaryl/α,β-unsaturated/α-hetero) is 1. The van der Waals surface area contributed by atoms with Gasteiger partial charge in [0, 0.05) is 12.1 Å². The fourth-order valence-corrected chi connectivity index (χ4v) is 4.74. The summed E-state index contributed by atoms with van der Waals surface area (Å²) in [5, 5.41) is 9.01. The molecule has 5 nitrogen and oxygen atoms in total. The van der Waals surface area contributed by atoms with E-state index in [4.69, 9.17) is 10.1 Å². The molecule has 140 valence electrons. The average Bonchev–Trinajstić information content (AvgIpc) is 3.25. The van der Waals surface area contributed by atoms with Crippen LogP contribution in [0, 0.1) is 12.8 Å². The molecular formula is C22H20N4OS. The largest absolute Gasteiger partial charge is 0.338 e. The van der Waals surface area contributed by atoms with Crippen molar-refractivity contribution < 1.29 is 4.79 Å². The summed E-state index contributed by atoms with van der Waals surface area (Å²) in [6.45, 7) is 4.16. The van der Waals surface area contributed by atoms with Crippen LogP contribution in [0.15, 0.2) is 48.5 Å². The highest BCUT2D eigenvalue weighted by molar-refractivity contribution is 7.20. The topological polar surface area (TPSA) is 59.8 Å². The number of carbonyl (C=O) groups is 1. The first-order valence-corrected chi connectivity index (χ1v) is 10.3. The predicted octanol–water partition coefficient (Wildman–Crippen LogP) is 5.30. The average molecular weight is 388 g/mol. The van der Waals surface area contributed by atoms with Crippen LogP contribution in [0.2, 0.25) is 0 Å². The molecule has 0 amide bonds. The van der Waals surface area contributed by atoms with Crippen molar-refractivity contribution in [1.29, 1.82) is 0 Å². The summed E-state index contributed by atoms with van der Waals surface area (Å²) in [4.78, 5) is 17.7. The number of aryl methyl sites for hydroxylation is 1. The Hall–Kier alpha value is -2.99. The fourth-order valence-electron chi connectivity index (χ4n) is 3.79. The number of nitrogens with zero attached hydrogens (tertiary/aromatic N) is 3. The Morgan fingerprint density at radius 2 is 1.89 bits per heavy atom. The maximum Gasteiger partial charge on any atom is 0.211 e. The lowest BCUT2D eigenvalue weighted by Gasteiger charge is -2.18. The third-order valence-electron chi connectivity index (χ3n) is 5.20. The van der Waals surface area contributed by atoms with E-state index in [-0.39, 0.29) is 5.78 Å². The van der Waals surface area contributed by atoms with E-state index >= 15 is 0 Å². The van der Waals surface area contributed by atoms with Gasteiger partial charge in [0.15, 0.2) is 11.6 Å². The summed E-state index contributed by atoms with van der Waals surface area (Å²) in [7, 11) is 0. The van der Waals surface area contributed by atoms with Crippen molar-refractivity contribution in [2.24, 2.45) is 5.92 Å². The van der Waals surface area contributed by atoms with Crippen LogP contribution in [0.3, 0.4) is 0 Å². The van der Waals surface area contributed by atoms with Crippen LogP contribution in [0.4, 0.5) is 11.5 Å². The van der Waals surface area contributed by atoms with Gasteiger partial charge in [-0.2, -0.15) is 0 Å². The zero-order chi connectivity index (χ0) is 19.3. The Morgan fingerprint density at radius 1 is 1.11 bits per heavy atom. The van der Waals surface area contributed by atoms with Gasteiger partial charge in [0.05, 0.1) is 21.5 Å². The number of thiazole rings is 1. The molecule has 0 aliphatic heterocycles. The lowest BCUT2D eigenvalue weighted by Crippen LogP contribution is -2.19. The molecule has 6 heteroatoms. The SMILES string of the molecule is Cc1ccccc1Nc1nn(-c2nc3ccccc3s2)c2c1C(=O)CC(C)C2. The van der Waals surface area contributed by atoms with Crippen LogP contribution in [-0.2, 0) is 6.42 Å². The van der Waals surface area contributed by atoms with Crippen molar-refractivity contribution in [3.05, 3.63) is 65.4 Å². The molecule has 1 atom stereocenters. The van der Waals surface area contributed by atoms with E-state index in [1.807, 2.05) is 54.1 Å². The molecule has 0 saturated carbocycles. The molecule has 2 heterocycles. The second-order valence-corrected chi connectivity index (χ2v) is 8.43. The molecule has 1 aliphatic carbocycles. The number of hydrogen-bond donors (Lipinski definition) is 1. The second kappa shape index (κ2) is 6.56. The molecule has 1 aliphatic rings. The lowest BCUT2D eigenvalue weighted by atomic mass is 9.88. The van der Waals surface area contributed by atoms with Gasteiger partial charge in [-0.05, 0) is 43.0 Å². The number of nitrogens with one attached hydrogen (secondary N) is 1. The molecule has 2 aromatic carbocycles. The zero-order valence-corrected chi connectivity index (χ0v) is 16.6. The van der Waals surface area contributed by atoms with Gasteiger partial charge in [-0.1, -0.05) is 48.6 Å². The van der Waals surface area contributed by atoms with Crippen molar-refractivity contribution in [3.8, 4) is 5.13 Å². The third-order valence-corrected chi connectivity index (χ3v) is 6.21. The summed E-state index contributed by atoms with van der Waals surface area (Å²) < 4.78 is 2.99. The monoisotopic (exact) mass is 388 g/mol. The fraction of sp³-hybridized carbons (Fsp3) is 0.227. The highest BCUT2D eigenvalue weighted by Gasteiger charge is 2.32. The third kappa shape index (κ3) is 2.81. The Balaban J connectivity index is 1.67. The van der Waals surface area contributed by atoms with Gasteiger partial charge in [-0.3, -0.25) is 4.79 Å². The number of fused-ring (bicyclic) bond motifs is 2. The number of hydrogen-bond acceptors (Lipinski definition) is 5. The van der Waals surface area contributed by atoms with Crippen LogP contribution < -0.4 is 5.32 Å². The minimum absolute atomic E-state index is 0.150. The van der Waals surface area contributed by atoms with Gasteiger partial charge >= 0.3 is 0 Å². The van der Waals surface area contributed by atoms with E-state index in [1.165, 1.54) is 0 Å². The highest BCUT2D eigenvalue weighted by atomic mass is 32.1. The smallest absolute Gasteiger partial charge is 0.211 e. The summed E-state index contributed by atoms with van der Waals surface area (Å²) in [6, 6.07) is 16.1. The van der Waals surface area contributed by atoms with Crippen LogP contribution in [0.25, 0.3) is 15.3 Å². The molecule has 0 radical (unpaired) electrons. The van der Waals surface area contributed by atoms with E-state index in [0.717, 1.165) is 38.7 Å². The number of aromatic nitrogens is 3. The van der Waals surface area contributed by atoms with Gasteiger partial charge in [-0.25, -0.2) is 9.67 Å². The number of ketones is 1. The molecule has 2 aromatic heterocycles. The van der Waals surface area contributed by atoms with Gasteiger partial charge < -0.3 is 5.32 Å². The first kappa shape index (κ1) is 17.1. The van der Waals surface area contributed by atoms with Crippen LogP contribution in [0.5, 0.6) is 0 Å². The van der Waals surface area contributed by atoms with Crippen molar-refractivity contribution >= 4 is 38.8 Å². The van der Waals surface area contributed by atoms with Crippen molar-refractivity contribution in [2.75, 3.05) is 5.32 Å². The Labute approximate surface area is 167 Å². The molecule has 28 heavy (non-hydrogen) atoms. The van der Waals surface area contributed by atoms with Crippen molar-refractivity contribution in [2.45, 2.75) is 26.7 Å². The standard InChI is InChI=1S/C22H20N4OS/c1-13-11-17-20(18(27)12-13)21(23-15-8-4-3-7-14(15)2)25-26(17)22-24-16-9-5-6-10-19(16)28-22/h3-10,13H,11-12H2,1-2H3,(H,23,25). The van der Waals surface area contributed by atoms with E-state index in [2.05, 4.69) is 18.3 Å². The van der Waals surface area contributed by atoms with Gasteiger partial charge in [0.1, 0.15) is 0 Å². The van der Waals surface area contributed by atoms with E-state index in [9.17, 15) is 4.79 Å². The molecule has 0 fully saturated rings. The van der Waals surface area contributed by atoms with E-state index in [0.29, 0.717) is 23.7 Å². The maximum atomic E-state index is 12.9. The predicted molar refractivity (Wildman–Crippen MR) is 113 cm³/mol. The number of carbonyl (C=O) groups excluding carboxylic acids is 1. The summed E-state index contributed by atoms with van der Waals surface area (Å²) in [5.74, 6) is 1.08. The molecule has 5 rings (SSSR count). The highest BCUT2D eigenvalue weighted by Crippen LogP contribution is 2.35. The minimum atomic E-state index is 0.150. The van der Waals surface area contributed by atoms with Gasteiger partial charge in [0.25, 0.3) is 0 Å². The second-order valence-electron chi connectivity index (χ2n) is 7.42. The lowest BCUT2D eigenvalue weighted by molar-refractivity contribution is 0.0953. The van der Waals surface area contributed by atoms with Gasteiger partial charge in [-0.15, -0.1) is 5.10 Å². The van der Waals surface area contributed by atoms with Crippen LogP contribution in [-0.4, -0.2) is 20.5 Å². The molecule has 0 saturated heterocycles. The molecule has 0 spiro atoms. The molecular weight excluding hydrogens is 368 g/mol. The Kier molecular flexibility index (Phi) is 4.02. The molecule has 4 aromatic rings. The van der Waals surface area contributed by atoms with Gasteiger partial charge in [0.2, 0.25) is 5.13 Å². The van der Waals surface area contributed by atoms with Crippen LogP contribution >= 0.6 is 11.3 Å². The number of benzene rings is 2. The Bertz CT molecular complexity index is 1170. The first-order valence-electron chi connectivity index (χ1n) is 9.44. The number of anilines is 2. The molecule has 0 bridgehead atoms. The normalized spacial score (nSPS) is 16.4. The summed E-state index contributed by atoms with van der Waals surface area (Å²) in [6.07, 6.45) is 1.38. The van der Waals surface area contributed by atoms with E-state index < -0.39 is 0 Å². The number of para-hydroxylation sites is 2. The van der Waals surface area contributed by atoms with Crippen LogP contribution in [0.1, 0.15) is 35.0 Å².